The Balaban J connectivity index is 2.11. The molecule has 2 N–H and O–H groups in total. The molecule has 0 fully saturated rings. The molecule has 1 atom stereocenters. The smallest absolute Gasteiger partial charge is 0.407 e. The van der Waals surface area contributed by atoms with Gasteiger partial charge in [0.05, 0.1) is 29.8 Å². The van der Waals surface area contributed by atoms with E-state index in [4.69, 9.17) is 16.3 Å². The Bertz CT molecular complexity index is 735. The van der Waals surface area contributed by atoms with Gasteiger partial charge in [-0.25, -0.2) is 4.79 Å². The number of alkyl carbamates (subject to hydrolysis) is 1. The number of rotatable bonds is 6. The summed E-state index contributed by atoms with van der Waals surface area (Å²) in [5, 5.41) is 6.02. The van der Waals surface area contributed by atoms with Crippen LogP contribution in [-0.2, 0) is 9.53 Å². The van der Waals surface area contributed by atoms with Crippen molar-refractivity contribution in [2.75, 3.05) is 11.9 Å². The second-order valence-electron chi connectivity index (χ2n) is 5.52. The van der Waals surface area contributed by atoms with Crippen molar-refractivity contribution in [2.24, 2.45) is 0 Å². The molecule has 0 aliphatic heterocycles. The van der Waals surface area contributed by atoms with Crippen molar-refractivity contribution < 1.29 is 14.3 Å². The minimum absolute atomic E-state index is 0.0626. The van der Waals surface area contributed by atoms with Gasteiger partial charge in [-0.15, -0.1) is 0 Å². The molecule has 2 aromatic carbocycles. The van der Waals surface area contributed by atoms with Crippen molar-refractivity contribution in [3.8, 4) is 0 Å². The van der Waals surface area contributed by atoms with Crippen molar-refractivity contribution in [2.45, 2.75) is 26.3 Å². The molecule has 5 nitrogen and oxygen atoms in total. The van der Waals surface area contributed by atoms with Gasteiger partial charge in [-0.3, -0.25) is 4.79 Å². The van der Waals surface area contributed by atoms with E-state index < -0.39 is 12.1 Å². The van der Waals surface area contributed by atoms with Crippen LogP contribution in [0.1, 0.15) is 30.5 Å². The number of carbonyl (C=O) groups excluding carboxylic acids is 2. The Morgan fingerprint density at radius 3 is 2.52 bits per heavy atom. The fraction of sp³-hybridized carbons (Fsp3) is 0.263. The number of carbonyl (C=O) groups is 2. The predicted octanol–water partition coefficient (Wildman–Crippen LogP) is 4.46. The number of anilines is 1. The maximum Gasteiger partial charge on any atom is 0.407 e. The molecule has 0 aliphatic rings. The van der Waals surface area contributed by atoms with Crippen LogP contribution in [0.2, 0.25) is 5.02 Å². The van der Waals surface area contributed by atoms with Crippen LogP contribution in [0.5, 0.6) is 0 Å². The maximum absolute atomic E-state index is 12.4. The Morgan fingerprint density at radius 1 is 1.12 bits per heavy atom. The van der Waals surface area contributed by atoms with Crippen LogP contribution in [-0.4, -0.2) is 18.6 Å². The first-order valence-corrected chi connectivity index (χ1v) is 8.42. The Labute approximate surface area is 152 Å². The summed E-state index contributed by atoms with van der Waals surface area (Å²) < 4.78 is 4.93. The first kappa shape index (κ1) is 18.8. The molecule has 0 saturated carbocycles. The van der Waals surface area contributed by atoms with Crippen molar-refractivity contribution in [1.82, 2.24) is 5.32 Å². The molecule has 0 radical (unpaired) electrons. The molecule has 0 bridgehead atoms. The van der Waals surface area contributed by atoms with Gasteiger partial charge < -0.3 is 15.4 Å². The Morgan fingerprint density at radius 2 is 1.84 bits per heavy atom. The van der Waals surface area contributed by atoms with Gasteiger partial charge in [-0.2, -0.15) is 0 Å². The molecule has 0 unspecified atom stereocenters. The number of aryl methyl sites for hydroxylation is 1. The average Bonchev–Trinajstić information content (AvgIpc) is 2.59. The average molecular weight is 361 g/mol. The molecule has 0 heterocycles. The molecule has 2 rings (SSSR count). The van der Waals surface area contributed by atoms with Crippen LogP contribution < -0.4 is 10.6 Å². The minimum Gasteiger partial charge on any atom is -0.450 e. The Kier molecular flexibility index (Phi) is 6.83. The quantitative estimate of drug-likeness (QED) is 0.798. The third kappa shape index (κ3) is 5.50. The highest BCUT2D eigenvalue weighted by Gasteiger charge is 2.19. The van der Waals surface area contributed by atoms with Crippen LogP contribution in [0.3, 0.4) is 0 Å². The lowest BCUT2D eigenvalue weighted by atomic mass is 10.0. The van der Waals surface area contributed by atoms with Gasteiger partial charge in [-0.05, 0) is 31.0 Å². The molecule has 0 saturated heterocycles. The number of nitrogens with one attached hydrogen (secondary N) is 2. The van der Waals surface area contributed by atoms with Crippen molar-refractivity contribution >= 4 is 29.3 Å². The highest BCUT2D eigenvalue weighted by Crippen LogP contribution is 2.26. The largest absolute Gasteiger partial charge is 0.450 e. The van der Waals surface area contributed by atoms with Crippen LogP contribution in [0.25, 0.3) is 0 Å². The van der Waals surface area contributed by atoms with Crippen molar-refractivity contribution in [3.05, 3.63) is 64.7 Å². The van der Waals surface area contributed by atoms with E-state index in [9.17, 15) is 9.59 Å². The van der Waals surface area contributed by atoms with Crippen LogP contribution in [0.15, 0.2) is 48.5 Å². The van der Waals surface area contributed by atoms with Gasteiger partial charge in [0.25, 0.3) is 0 Å². The first-order chi connectivity index (χ1) is 12.0. The standard InChI is InChI=1S/C19H21ClN2O3/c1-3-25-19(24)22-16(14-9-5-4-6-10-14)12-17(23)21-15-11-7-8-13(2)18(15)20/h4-11,16H,3,12H2,1-2H3,(H,21,23)(H,22,24)/t16-/m0/s1. The van der Waals surface area contributed by atoms with Crippen LogP contribution in [0, 0.1) is 6.92 Å². The van der Waals surface area contributed by atoms with E-state index in [-0.39, 0.29) is 18.9 Å². The third-order valence-corrected chi connectivity index (χ3v) is 4.13. The second kappa shape index (κ2) is 9.08. The number of halogens is 1. The van der Waals surface area contributed by atoms with E-state index in [2.05, 4.69) is 10.6 Å². The number of benzene rings is 2. The molecular weight excluding hydrogens is 340 g/mol. The van der Waals surface area contributed by atoms with Crippen LogP contribution >= 0.6 is 11.6 Å². The third-order valence-electron chi connectivity index (χ3n) is 3.62. The van der Waals surface area contributed by atoms with E-state index in [1.165, 1.54) is 0 Å². The first-order valence-electron chi connectivity index (χ1n) is 8.04. The van der Waals surface area contributed by atoms with Gasteiger partial charge in [0, 0.05) is 0 Å². The summed E-state index contributed by atoms with van der Waals surface area (Å²) in [6.45, 7) is 3.86. The van der Waals surface area contributed by atoms with Gasteiger partial charge >= 0.3 is 6.09 Å². The van der Waals surface area contributed by atoms with Gasteiger partial charge in [0.2, 0.25) is 5.91 Å². The summed E-state index contributed by atoms with van der Waals surface area (Å²) >= 11 is 6.21. The fourth-order valence-corrected chi connectivity index (χ4v) is 2.56. The van der Waals surface area contributed by atoms with E-state index in [0.29, 0.717) is 10.7 Å². The van der Waals surface area contributed by atoms with Gasteiger partial charge in [0.15, 0.2) is 0 Å². The highest BCUT2D eigenvalue weighted by atomic mass is 35.5. The van der Waals surface area contributed by atoms with E-state index in [1.807, 2.05) is 49.4 Å². The second-order valence-corrected chi connectivity index (χ2v) is 5.89. The zero-order valence-corrected chi connectivity index (χ0v) is 15.0. The van der Waals surface area contributed by atoms with Crippen LogP contribution in [0.4, 0.5) is 10.5 Å². The number of hydrogen-bond acceptors (Lipinski definition) is 3. The molecular formula is C19H21ClN2O3. The van der Waals surface area contributed by atoms with Crippen molar-refractivity contribution in [1.29, 1.82) is 0 Å². The lowest BCUT2D eigenvalue weighted by Crippen LogP contribution is -2.32. The highest BCUT2D eigenvalue weighted by molar-refractivity contribution is 6.34. The Hall–Kier alpha value is -2.53. The van der Waals surface area contributed by atoms with E-state index in [0.717, 1.165) is 11.1 Å². The molecule has 0 aliphatic carbocycles. The zero-order chi connectivity index (χ0) is 18.2. The normalized spacial score (nSPS) is 11.5. The molecule has 2 amide bonds. The van der Waals surface area contributed by atoms with Gasteiger partial charge in [-0.1, -0.05) is 54.1 Å². The SMILES string of the molecule is CCOC(=O)N[C@@H](CC(=O)Nc1cccc(C)c1Cl)c1ccccc1. The molecule has 0 spiro atoms. The monoisotopic (exact) mass is 360 g/mol. The maximum atomic E-state index is 12.4. The number of ether oxygens (including phenoxy) is 1. The lowest BCUT2D eigenvalue weighted by Gasteiger charge is -2.19. The zero-order valence-electron chi connectivity index (χ0n) is 14.2. The lowest BCUT2D eigenvalue weighted by molar-refractivity contribution is -0.116. The van der Waals surface area contributed by atoms with Crippen molar-refractivity contribution in [3.63, 3.8) is 0 Å². The predicted molar refractivity (Wildman–Crippen MR) is 98.8 cm³/mol. The van der Waals surface area contributed by atoms with Gasteiger partial charge in [0.1, 0.15) is 0 Å². The summed E-state index contributed by atoms with van der Waals surface area (Å²) in [5.41, 5.74) is 2.25. The van der Waals surface area contributed by atoms with E-state index >= 15 is 0 Å². The molecule has 0 aromatic heterocycles. The molecule has 6 heteroatoms. The molecule has 132 valence electrons. The molecule has 25 heavy (non-hydrogen) atoms. The molecule has 2 aromatic rings. The summed E-state index contributed by atoms with van der Waals surface area (Å²) in [5.74, 6) is -0.252. The summed E-state index contributed by atoms with van der Waals surface area (Å²) in [6, 6.07) is 14.2. The fourth-order valence-electron chi connectivity index (χ4n) is 2.38. The number of amides is 2. The van der Waals surface area contributed by atoms with E-state index in [1.54, 1.807) is 13.0 Å². The topological polar surface area (TPSA) is 67.4 Å². The summed E-state index contributed by atoms with van der Waals surface area (Å²) in [4.78, 5) is 24.2. The summed E-state index contributed by atoms with van der Waals surface area (Å²) in [6.07, 6.45) is -0.495. The minimum atomic E-state index is -0.558. The number of hydrogen-bond donors (Lipinski definition) is 2. The summed E-state index contributed by atoms with van der Waals surface area (Å²) in [7, 11) is 0.